The molecule has 16 heavy (non-hydrogen) atoms. The molecule has 0 radical (unpaired) electrons. The zero-order chi connectivity index (χ0) is 11.8. The second-order valence-electron chi connectivity index (χ2n) is 4.06. The molecule has 1 aliphatic rings. The van der Waals surface area contributed by atoms with Crippen LogP contribution in [-0.2, 0) is 15.6 Å². The molecule has 7 heteroatoms. The Balaban J connectivity index is 2.42. The SMILES string of the molecule is CCCn1c(C2CCC2)nnc1S(=O)(=O)Cl. The maximum Gasteiger partial charge on any atom is 0.296 e. The Hall–Kier alpha value is -0.620. The smallest absolute Gasteiger partial charge is 0.296 e. The van der Waals surface area contributed by atoms with Gasteiger partial charge in [0.15, 0.2) is 0 Å². The largest absolute Gasteiger partial charge is 0.301 e. The summed E-state index contributed by atoms with van der Waals surface area (Å²) in [5.41, 5.74) is 0. The van der Waals surface area contributed by atoms with E-state index in [0.29, 0.717) is 12.5 Å². The van der Waals surface area contributed by atoms with E-state index < -0.39 is 9.05 Å². The summed E-state index contributed by atoms with van der Waals surface area (Å²) in [5, 5.41) is 7.56. The van der Waals surface area contributed by atoms with Crippen LogP contribution < -0.4 is 0 Å². The normalized spacial score (nSPS) is 17.4. The number of hydrogen-bond acceptors (Lipinski definition) is 4. The van der Waals surface area contributed by atoms with Gasteiger partial charge in [0.25, 0.3) is 14.2 Å². The standard InChI is InChI=1S/C9H14ClN3O2S/c1-2-6-13-8(7-4-3-5-7)11-12-9(13)16(10,14)15/h7H,2-6H2,1H3. The van der Waals surface area contributed by atoms with Crippen LogP contribution in [0, 0.1) is 0 Å². The van der Waals surface area contributed by atoms with Gasteiger partial charge >= 0.3 is 0 Å². The van der Waals surface area contributed by atoms with Crippen LogP contribution in [0.1, 0.15) is 44.3 Å². The Morgan fingerprint density at radius 1 is 1.44 bits per heavy atom. The lowest BCUT2D eigenvalue weighted by atomic mass is 9.85. The van der Waals surface area contributed by atoms with Crippen molar-refractivity contribution in [3.8, 4) is 0 Å². The van der Waals surface area contributed by atoms with E-state index in [0.717, 1.165) is 25.1 Å². The van der Waals surface area contributed by atoms with Crippen molar-refractivity contribution in [1.29, 1.82) is 0 Å². The lowest BCUT2D eigenvalue weighted by Gasteiger charge is -2.24. The third kappa shape index (κ3) is 2.08. The topological polar surface area (TPSA) is 64.8 Å². The molecule has 90 valence electrons. The summed E-state index contributed by atoms with van der Waals surface area (Å²) in [6.07, 6.45) is 4.12. The van der Waals surface area contributed by atoms with Gasteiger partial charge in [-0.3, -0.25) is 0 Å². The van der Waals surface area contributed by atoms with E-state index in [2.05, 4.69) is 10.2 Å². The first-order valence-electron chi connectivity index (χ1n) is 5.41. The van der Waals surface area contributed by atoms with Crippen molar-refractivity contribution in [3.05, 3.63) is 5.82 Å². The van der Waals surface area contributed by atoms with Crippen molar-refractivity contribution in [2.24, 2.45) is 0 Å². The first-order valence-corrected chi connectivity index (χ1v) is 7.72. The fraction of sp³-hybridized carbons (Fsp3) is 0.778. The van der Waals surface area contributed by atoms with Crippen LogP contribution in [0.3, 0.4) is 0 Å². The molecular weight excluding hydrogens is 250 g/mol. The van der Waals surface area contributed by atoms with Gasteiger partial charge in [0.1, 0.15) is 5.82 Å². The molecule has 0 N–H and O–H groups in total. The highest BCUT2D eigenvalue weighted by Gasteiger charge is 2.29. The van der Waals surface area contributed by atoms with Crippen LogP contribution in [0.4, 0.5) is 0 Å². The molecule has 0 atom stereocenters. The third-order valence-electron chi connectivity index (χ3n) is 2.88. The summed E-state index contributed by atoms with van der Waals surface area (Å²) in [6, 6.07) is 0. The summed E-state index contributed by atoms with van der Waals surface area (Å²) in [7, 11) is 1.54. The van der Waals surface area contributed by atoms with Crippen LogP contribution in [-0.4, -0.2) is 23.2 Å². The fourth-order valence-corrected chi connectivity index (χ4v) is 2.81. The Bertz CT molecular complexity index is 479. The predicted octanol–water partition coefficient (Wildman–Crippen LogP) is 1.88. The highest BCUT2D eigenvalue weighted by molar-refractivity contribution is 8.13. The van der Waals surface area contributed by atoms with E-state index in [9.17, 15) is 8.42 Å². The van der Waals surface area contributed by atoms with E-state index >= 15 is 0 Å². The molecule has 1 aliphatic carbocycles. The maximum absolute atomic E-state index is 11.3. The molecule has 0 aliphatic heterocycles. The van der Waals surface area contributed by atoms with E-state index in [-0.39, 0.29) is 5.16 Å². The fourth-order valence-electron chi connectivity index (χ4n) is 1.88. The number of rotatable bonds is 4. The lowest BCUT2D eigenvalue weighted by molar-refractivity contribution is 0.381. The number of aromatic nitrogens is 3. The molecule has 1 fully saturated rings. The number of halogens is 1. The van der Waals surface area contributed by atoms with Crippen LogP contribution in [0.5, 0.6) is 0 Å². The highest BCUT2D eigenvalue weighted by Crippen LogP contribution is 2.36. The summed E-state index contributed by atoms with van der Waals surface area (Å²) in [6.45, 7) is 2.58. The predicted molar refractivity (Wildman–Crippen MR) is 59.9 cm³/mol. The molecule has 1 aromatic heterocycles. The molecule has 0 amide bonds. The molecule has 1 saturated carbocycles. The summed E-state index contributed by atoms with van der Waals surface area (Å²) in [4.78, 5) is 0. The van der Waals surface area contributed by atoms with Gasteiger partial charge in [0, 0.05) is 23.1 Å². The van der Waals surface area contributed by atoms with E-state index in [4.69, 9.17) is 10.7 Å². The van der Waals surface area contributed by atoms with Crippen molar-refractivity contribution < 1.29 is 8.42 Å². The van der Waals surface area contributed by atoms with Crippen LogP contribution in [0.25, 0.3) is 0 Å². The Labute approximate surface area is 99.2 Å². The van der Waals surface area contributed by atoms with Gasteiger partial charge in [-0.2, -0.15) is 0 Å². The van der Waals surface area contributed by atoms with Gasteiger partial charge in [-0.15, -0.1) is 10.2 Å². The average Bonchev–Trinajstić information content (AvgIpc) is 2.46. The first-order chi connectivity index (χ1) is 7.54. The molecule has 0 unspecified atom stereocenters. The van der Waals surface area contributed by atoms with Crippen LogP contribution in [0.2, 0.25) is 0 Å². The van der Waals surface area contributed by atoms with Gasteiger partial charge in [-0.05, 0) is 19.3 Å². The zero-order valence-electron chi connectivity index (χ0n) is 9.06. The Morgan fingerprint density at radius 3 is 2.56 bits per heavy atom. The van der Waals surface area contributed by atoms with Gasteiger partial charge in [0.05, 0.1) is 0 Å². The van der Waals surface area contributed by atoms with Gasteiger partial charge in [-0.25, -0.2) is 8.42 Å². The highest BCUT2D eigenvalue weighted by atomic mass is 35.7. The van der Waals surface area contributed by atoms with E-state index in [1.54, 1.807) is 4.57 Å². The minimum atomic E-state index is -3.79. The van der Waals surface area contributed by atoms with Gasteiger partial charge in [0.2, 0.25) is 0 Å². The molecule has 0 aromatic carbocycles. The summed E-state index contributed by atoms with van der Waals surface area (Å²) < 4.78 is 24.3. The molecule has 0 spiro atoms. The maximum atomic E-state index is 11.3. The molecular formula is C9H14ClN3O2S. The third-order valence-corrected chi connectivity index (χ3v) is 4.03. The van der Waals surface area contributed by atoms with Gasteiger partial charge in [-0.1, -0.05) is 13.3 Å². The van der Waals surface area contributed by atoms with Crippen molar-refractivity contribution in [2.45, 2.75) is 50.2 Å². The quantitative estimate of drug-likeness (QED) is 0.778. The molecule has 1 aromatic rings. The molecule has 5 nitrogen and oxygen atoms in total. The van der Waals surface area contributed by atoms with Crippen LogP contribution in [0.15, 0.2) is 5.16 Å². The molecule has 2 rings (SSSR count). The monoisotopic (exact) mass is 263 g/mol. The second-order valence-corrected chi connectivity index (χ2v) is 6.52. The number of nitrogens with zero attached hydrogens (tertiary/aromatic N) is 3. The minimum Gasteiger partial charge on any atom is -0.301 e. The second kappa shape index (κ2) is 4.33. The van der Waals surface area contributed by atoms with Gasteiger partial charge < -0.3 is 4.57 Å². The summed E-state index contributed by atoms with van der Waals surface area (Å²) >= 11 is 0. The molecule has 0 saturated heterocycles. The first kappa shape index (κ1) is 11.9. The molecule has 1 heterocycles. The Morgan fingerprint density at radius 2 is 2.12 bits per heavy atom. The van der Waals surface area contributed by atoms with Crippen molar-refractivity contribution in [1.82, 2.24) is 14.8 Å². The zero-order valence-corrected chi connectivity index (χ0v) is 10.6. The lowest BCUT2D eigenvalue weighted by Crippen LogP contribution is -2.17. The molecule has 0 bridgehead atoms. The summed E-state index contributed by atoms with van der Waals surface area (Å²) in [5.74, 6) is 1.12. The van der Waals surface area contributed by atoms with Crippen LogP contribution >= 0.6 is 10.7 Å². The average molecular weight is 264 g/mol. The van der Waals surface area contributed by atoms with Crippen molar-refractivity contribution in [3.63, 3.8) is 0 Å². The number of hydrogen-bond donors (Lipinski definition) is 0. The van der Waals surface area contributed by atoms with Crippen molar-refractivity contribution >= 4 is 19.7 Å². The Kier molecular flexibility index (Phi) is 3.21. The van der Waals surface area contributed by atoms with E-state index in [1.807, 2.05) is 6.92 Å². The van der Waals surface area contributed by atoms with Crippen molar-refractivity contribution in [2.75, 3.05) is 0 Å². The van der Waals surface area contributed by atoms with E-state index in [1.165, 1.54) is 6.42 Å². The minimum absolute atomic E-state index is 0.113.